The Hall–Kier alpha value is -2.21. The van der Waals surface area contributed by atoms with Gasteiger partial charge in [0.05, 0.1) is 0 Å². The fraction of sp³-hybridized carbons (Fsp3) is 0.214. The Morgan fingerprint density at radius 3 is 2.67 bits per heavy atom. The molecule has 5 nitrogen and oxygen atoms in total. The number of fused-ring (bicyclic) bond motifs is 1. The zero-order valence-corrected chi connectivity index (χ0v) is 12.3. The van der Waals surface area contributed by atoms with Crippen molar-refractivity contribution in [2.45, 2.75) is 13.8 Å². The molecule has 0 N–H and O–H groups in total. The summed E-state index contributed by atoms with van der Waals surface area (Å²) in [5.74, 6) is 0.933. The van der Waals surface area contributed by atoms with Crippen LogP contribution in [0.2, 0.25) is 5.15 Å². The highest BCUT2D eigenvalue weighted by atomic mass is 35.5. The molecule has 3 aromatic rings. The largest absolute Gasteiger partial charge is 0.326 e. The molecule has 0 unspecified atom stereocenters. The second kappa shape index (κ2) is 5.29. The van der Waals surface area contributed by atoms with Crippen molar-refractivity contribution in [3.05, 3.63) is 47.1 Å². The Morgan fingerprint density at radius 1 is 1.29 bits per heavy atom. The van der Waals surface area contributed by atoms with E-state index < -0.39 is 0 Å². The standard InChI is InChI=1S/C14H13ClFN5/c1-3-20(11-6-4-10(16)5-7-11)13-9(2)12(15)19-14-17-8-18-21(13)14/h4-8H,3H2,1-2H3. The Kier molecular flexibility index (Phi) is 3.47. The number of halogens is 2. The van der Waals surface area contributed by atoms with Gasteiger partial charge in [-0.3, -0.25) is 0 Å². The van der Waals surface area contributed by atoms with Gasteiger partial charge in [0.25, 0.3) is 5.78 Å². The van der Waals surface area contributed by atoms with Crippen molar-refractivity contribution in [1.82, 2.24) is 19.6 Å². The van der Waals surface area contributed by atoms with Crippen molar-refractivity contribution in [3.8, 4) is 0 Å². The van der Waals surface area contributed by atoms with Crippen LogP contribution in [0.4, 0.5) is 15.9 Å². The van der Waals surface area contributed by atoms with Gasteiger partial charge in [-0.15, -0.1) is 0 Å². The summed E-state index contributed by atoms with van der Waals surface area (Å²) < 4.78 is 14.8. The highest BCUT2D eigenvalue weighted by Gasteiger charge is 2.18. The summed E-state index contributed by atoms with van der Waals surface area (Å²) in [4.78, 5) is 10.3. The fourth-order valence-electron chi connectivity index (χ4n) is 2.28. The van der Waals surface area contributed by atoms with E-state index in [1.165, 1.54) is 18.5 Å². The van der Waals surface area contributed by atoms with Crippen molar-refractivity contribution in [3.63, 3.8) is 0 Å². The second-order valence-corrected chi connectivity index (χ2v) is 4.90. The van der Waals surface area contributed by atoms with E-state index in [1.54, 1.807) is 16.6 Å². The average Bonchev–Trinajstić information content (AvgIpc) is 2.93. The van der Waals surface area contributed by atoms with Gasteiger partial charge in [-0.2, -0.15) is 19.6 Å². The van der Waals surface area contributed by atoms with Crippen LogP contribution in [-0.2, 0) is 0 Å². The number of hydrogen-bond donors (Lipinski definition) is 0. The number of anilines is 2. The van der Waals surface area contributed by atoms with Gasteiger partial charge in [-0.05, 0) is 38.1 Å². The molecule has 0 saturated heterocycles. The van der Waals surface area contributed by atoms with E-state index in [2.05, 4.69) is 15.1 Å². The topological polar surface area (TPSA) is 46.3 Å². The Bertz CT molecular complexity index is 784. The van der Waals surface area contributed by atoms with E-state index in [1.807, 2.05) is 18.7 Å². The predicted molar refractivity (Wildman–Crippen MR) is 79.6 cm³/mol. The van der Waals surface area contributed by atoms with Crippen LogP contribution in [0.1, 0.15) is 12.5 Å². The molecule has 2 aromatic heterocycles. The number of nitrogens with zero attached hydrogens (tertiary/aromatic N) is 5. The molecule has 2 heterocycles. The first kappa shape index (κ1) is 13.8. The summed E-state index contributed by atoms with van der Waals surface area (Å²) in [6.07, 6.45) is 1.43. The van der Waals surface area contributed by atoms with E-state index in [9.17, 15) is 4.39 Å². The van der Waals surface area contributed by atoms with Gasteiger partial charge >= 0.3 is 0 Å². The predicted octanol–water partition coefficient (Wildman–Crippen LogP) is 3.38. The summed E-state index contributed by atoms with van der Waals surface area (Å²) >= 11 is 6.18. The first-order chi connectivity index (χ1) is 10.1. The van der Waals surface area contributed by atoms with Gasteiger partial charge < -0.3 is 4.90 Å². The maximum absolute atomic E-state index is 13.1. The van der Waals surface area contributed by atoms with Crippen molar-refractivity contribution < 1.29 is 4.39 Å². The molecule has 0 fully saturated rings. The van der Waals surface area contributed by atoms with E-state index in [4.69, 9.17) is 11.6 Å². The number of hydrogen-bond acceptors (Lipinski definition) is 4. The Balaban J connectivity index is 2.23. The van der Waals surface area contributed by atoms with E-state index in [0.717, 1.165) is 17.1 Å². The van der Waals surface area contributed by atoms with Crippen LogP contribution in [0.25, 0.3) is 5.78 Å². The summed E-state index contributed by atoms with van der Waals surface area (Å²) in [5.41, 5.74) is 1.64. The van der Waals surface area contributed by atoms with E-state index in [0.29, 0.717) is 17.5 Å². The smallest absolute Gasteiger partial charge is 0.255 e. The summed E-state index contributed by atoms with van der Waals surface area (Å²) in [6, 6.07) is 6.29. The third-order valence-corrected chi connectivity index (χ3v) is 3.65. The minimum absolute atomic E-state index is 0.273. The van der Waals surface area contributed by atoms with Crippen molar-refractivity contribution in [2.24, 2.45) is 0 Å². The first-order valence-electron chi connectivity index (χ1n) is 6.50. The highest BCUT2D eigenvalue weighted by Crippen LogP contribution is 2.31. The molecule has 3 rings (SSSR count). The molecule has 0 amide bonds. The van der Waals surface area contributed by atoms with Gasteiger partial charge in [0, 0.05) is 17.8 Å². The van der Waals surface area contributed by atoms with Crippen LogP contribution in [-0.4, -0.2) is 26.1 Å². The molecule has 0 bridgehead atoms. The minimum Gasteiger partial charge on any atom is -0.326 e. The zero-order valence-electron chi connectivity index (χ0n) is 11.6. The lowest BCUT2D eigenvalue weighted by Crippen LogP contribution is -2.21. The molecular formula is C14H13ClFN5. The van der Waals surface area contributed by atoms with Gasteiger partial charge in [0.1, 0.15) is 23.1 Å². The van der Waals surface area contributed by atoms with Crippen molar-refractivity contribution in [2.75, 3.05) is 11.4 Å². The summed E-state index contributed by atoms with van der Waals surface area (Å²) in [7, 11) is 0. The molecule has 0 aliphatic rings. The Labute approximate surface area is 126 Å². The van der Waals surface area contributed by atoms with Crippen LogP contribution < -0.4 is 4.90 Å². The quantitative estimate of drug-likeness (QED) is 0.696. The molecule has 0 aliphatic carbocycles. The molecule has 0 saturated carbocycles. The van der Waals surface area contributed by atoms with Gasteiger partial charge in [-0.1, -0.05) is 11.6 Å². The molecule has 21 heavy (non-hydrogen) atoms. The summed E-state index contributed by atoms with van der Waals surface area (Å²) in [6.45, 7) is 4.54. The van der Waals surface area contributed by atoms with Crippen molar-refractivity contribution in [1.29, 1.82) is 0 Å². The molecule has 1 aromatic carbocycles. The molecule has 0 radical (unpaired) electrons. The number of rotatable bonds is 3. The van der Waals surface area contributed by atoms with Gasteiger partial charge in [0.2, 0.25) is 0 Å². The van der Waals surface area contributed by atoms with E-state index >= 15 is 0 Å². The normalized spacial score (nSPS) is 11.0. The minimum atomic E-state index is -0.273. The SMILES string of the molecule is CCN(c1ccc(F)cc1)c1c(C)c(Cl)nc2ncnn12. The van der Waals surface area contributed by atoms with Crippen LogP contribution in [0.5, 0.6) is 0 Å². The monoisotopic (exact) mass is 305 g/mol. The molecular weight excluding hydrogens is 293 g/mol. The maximum atomic E-state index is 13.1. The highest BCUT2D eigenvalue weighted by molar-refractivity contribution is 6.30. The summed E-state index contributed by atoms with van der Waals surface area (Å²) in [5, 5.41) is 4.58. The van der Waals surface area contributed by atoms with Gasteiger partial charge in [-0.25, -0.2) is 4.39 Å². The van der Waals surface area contributed by atoms with Gasteiger partial charge in [0.15, 0.2) is 0 Å². The number of benzene rings is 1. The molecule has 0 spiro atoms. The average molecular weight is 306 g/mol. The van der Waals surface area contributed by atoms with Crippen molar-refractivity contribution >= 4 is 28.9 Å². The molecule has 0 aliphatic heterocycles. The Morgan fingerprint density at radius 2 is 2.00 bits per heavy atom. The molecule has 108 valence electrons. The molecule has 7 heteroatoms. The van der Waals surface area contributed by atoms with Crippen LogP contribution in [0.15, 0.2) is 30.6 Å². The zero-order chi connectivity index (χ0) is 15.0. The van der Waals surface area contributed by atoms with Crippen LogP contribution in [0, 0.1) is 12.7 Å². The lowest BCUT2D eigenvalue weighted by atomic mass is 10.2. The first-order valence-corrected chi connectivity index (χ1v) is 6.88. The lowest BCUT2D eigenvalue weighted by molar-refractivity contribution is 0.627. The van der Waals surface area contributed by atoms with Crippen LogP contribution >= 0.6 is 11.6 Å². The second-order valence-electron chi connectivity index (χ2n) is 4.54. The lowest BCUT2D eigenvalue weighted by Gasteiger charge is -2.25. The third kappa shape index (κ3) is 2.31. The maximum Gasteiger partial charge on any atom is 0.255 e. The molecule has 0 atom stereocenters. The van der Waals surface area contributed by atoms with E-state index in [-0.39, 0.29) is 5.82 Å². The number of aromatic nitrogens is 4. The third-order valence-electron chi connectivity index (χ3n) is 3.28. The fourth-order valence-corrected chi connectivity index (χ4v) is 2.44. The van der Waals surface area contributed by atoms with Crippen LogP contribution in [0.3, 0.4) is 0 Å².